The molecule has 3 rings (SSSR count). The molecule has 14 heteroatoms. The van der Waals surface area contributed by atoms with E-state index in [4.69, 9.17) is 0 Å². The number of aromatic nitrogens is 3. The number of benzene rings is 1. The molecule has 0 bridgehead atoms. The van der Waals surface area contributed by atoms with Crippen molar-refractivity contribution < 1.29 is 36.3 Å². The first kappa shape index (κ1) is 33.7. The monoisotopic (exact) mass is 623 g/mol. The van der Waals surface area contributed by atoms with Crippen LogP contribution in [0.3, 0.4) is 0 Å². The van der Waals surface area contributed by atoms with Crippen molar-refractivity contribution in [3.05, 3.63) is 66.5 Å². The maximum atomic E-state index is 13.5. The van der Waals surface area contributed by atoms with Gasteiger partial charge in [0.2, 0.25) is 0 Å². The highest BCUT2D eigenvalue weighted by atomic mass is 32.2. The Bertz CT molecular complexity index is 1490. The Morgan fingerprint density at radius 1 is 1.05 bits per heavy atom. The van der Waals surface area contributed by atoms with Crippen molar-refractivity contribution in [2.45, 2.75) is 76.8 Å². The van der Waals surface area contributed by atoms with Crippen molar-refractivity contribution in [2.75, 3.05) is 6.54 Å². The molecule has 234 valence electrons. The van der Waals surface area contributed by atoms with Crippen LogP contribution in [0.4, 0.5) is 18.0 Å². The number of halogens is 3. The van der Waals surface area contributed by atoms with Crippen LogP contribution in [0, 0.1) is 5.41 Å². The zero-order chi connectivity index (χ0) is 32.0. The van der Waals surface area contributed by atoms with Crippen molar-refractivity contribution in [1.82, 2.24) is 24.4 Å². The van der Waals surface area contributed by atoms with E-state index in [1.54, 1.807) is 32.9 Å². The number of rotatable bonds is 13. The number of nitrogens with one attached hydrogen (secondary N) is 1. The van der Waals surface area contributed by atoms with Crippen LogP contribution in [-0.2, 0) is 27.5 Å². The maximum Gasteiger partial charge on any atom is 0.416 e. The van der Waals surface area contributed by atoms with Crippen LogP contribution in [0.25, 0.3) is 11.3 Å². The second-order valence-electron chi connectivity index (χ2n) is 11.2. The summed E-state index contributed by atoms with van der Waals surface area (Å²) < 4.78 is 68.4. The predicted octanol–water partition coefficient (Wildman–Crippen LogP) is 5.47. The number of hydrogen-bond donors (Lipinski definition) is 2. The van der Waals surface area contributed by atoms with Gasteiger partial charge in [-0.25, -0.2) is 22.9 Å². The number of sulfonamides is 1. The third-order valence-corrected chi connectivity index (χ3v) is 8.33. The van der Waals surface area contributed by atoms with E-state index < -0.39 is 57.7 Å². The molecule has 2 aromatic heterocycles. The summed E-state index contributed by atoms with van der Waals surface area (Å²) in [6.45, 7) is 6.64. The third kappa shape index (κ3) is 8.63. The van der Waals surface area contributed by atoms with Gasteiger partial charge in [0, 0.05) is 12.4 Å². The molecular formula is C29H36F3N5O5S. The van der Waals surface area contributed by atoms with Gasteiger partial charge in [-0.05, 0) is 47.7 Å². The number of carbonyl (C=O) groups excluding carboxylic acids is 1. The normalized spacial score (nSPS) is 13.8. The molecule has 0 radical (unpaired) electrons. The SMILES string of the molecule is CCCC[C@@H](C(=O)CNS(=O)(=O)c1ccccn1)N(C(=O)O)C(Cn1nccc1-c1ccc(C(F)(F)F)cc1)C(C)(C)C. The number of alkyl halides is 3. The average molecular weight is 624 g/mol. The van der Waals surface area contributed by atoms with E-state index in [0.717, 1.165) is 17.0 Å². The number of pyridine rings is 1. The number of unbranched alkanes of at least 4 members (excludes halogenated alkanes) is 1. The predicted molar refractivity (Wildman–Crippen MR) is 154 cm³/mol. The van der Waals surface area contributed by atoms with Gasteiger partial charge < -0.3 is 5.11 Å². The van der Waals surface area contributed by atoms with Crippen LogP contribution in [-0.4, -0.2) is 63.7 Å². The lowest BCUT2D eigenvalue weighted by Crippen LogP contribution is -2.57. The Labute approximate surface area is 249 Å². The molecule has 0 spiro atoms. The molecule has 43 heavy (non-hydrogen) atoms. The average Bonchev–Trinajstić information content (AvgIpc) is 3.41. The van der Waals surface area contributed by atoms with Gasteiger partial charge >= 0.3 is 12.3 Å². The first-order valence-corrected chi connectivity index (χ1v) is 15.2. The molecule has 2 atom stereocenters. The van der Waals surface area contributed by atoms with Crippen LogP contribution in [0.1, 0.15) is 52.5 Å². The minimum Gasteiger partial charge on any atom is -0.465 e. The molecule has 2 heterocycles. The molecule has 1 amide bonds. The van der Waals surface area contributed by atoms with E-state index in [0.29, 0.717) is 24.1 Å². The molecule has 0 fully saturated rings. The number of ketones is 1. The minimum atomic E-state index is -4.50. The van der Waals surface area contributed by atoms with E-state index in [1.807, 2.05) is 6.92 Å². The molecule has 1 aromatic carbocycles. The van der Waals surface area contributed by atoms with E-state index in [2.05, 4.69) is 14.8 Å². The zero-order valence-electron chi connectivity index (χ0n) is 24.4. The van der Waals surface area contributed by atoms with Gasteiger partial charge in [0.25, 0.3) is 10.0 Å². The first-order valence-electron chi connectivity index (χ1n) is 13.7. The number of carbonyl (C=O) groups is 2. The van der Waals surface area contributed by atoms with Crippen LogP contribution in [0.15, 0.2) is 66.0 Å². The van der Waals surface area contributed by atoms with Gasteiger partial charge in [0.05, 0.1) is 36.4 Å². The maximum absolute atomic E-state index is 13.5. The number of Topliss-reactive ketones (excluding diaryl/α,β-unsaturated/α-hetero) is 1. The highest BCUT2D eigenvalue weighted by Gasteiger charge is 2.41. The summed E-state index contributed by atoms with van der Waals surface area (Å²) in [5.41, 5.74) is -0.627. The molecule has 0 saturated carbocycles. The molecule has 0 saturated heterocycles. The van der Waals surface area contributed by atoms with Crippen molar-refractivity contribution in [1.29, 1.82) is 0 Å². The second-order valence-corrected chi connectivity index (χ2v) is 12.9. The Morgan fingerprint density at radius 2 is 1.72 bits per heavy atom. The van der Waals surface area contributed by atoms with E-state index >= 15 is 0 Å². The minimum absolute atomic E-state index is 0.0191. The van der Waals surface area contributed by atoms with Gasteiger partial charge in [0.1, 0.15) is 0 Å². The number of amides is 1. The van der Waals surface area contributed by atoms with Crippen molar-refractivity contribution in [3.8, 4) is 11.3 Å². The summed E-state index contributed by atoms with van der Waals surface area (Å²) in [4.78, 5) is 31.2. The van der Waals surface area contributed by atoms with Gasteiger partial charge in [0.15, 0.2) is 10.8 Å². The van der Waals surface area contributed by atoms with Gasteiger partial charge in [-0.15, -0.1) is 0 Å². The Kier molecular flexibility index (Phi) is 10.7. The van der Waals surface area contributed by atoms with Crippen molar-refractivity contribution >= 4 is 21.9 Å². The Morgan fingerprint density at radius 3 is 2.26 bits per heavy atom. The molecule has 1 unspecified atom stereocenters. The summed E-state index contributed by atoms with van der Waals surface area (Å²) in [6, 6.07) is 8.46. The summed E-state index contributed by atoms with van der Waals surface area (Å²) >= 11 is 0. The van der Waals surface area contributed by atoms with Gasteiger partial charge in [-0.3, -0.25) is 14.4 Å². The quantitative estimate of drug-likeness (QED) is 0.258. The smallest absolute Gasteiger partial charge is 0.416 e. The highest BCUT2D eigenvalue weighted by Crippen LogP contribution is 2.33. The molecular weight excluding hydrogens is 587 g/mol. The lowest BCUT2D eigenvalue weighted by Gasteiger charge is -2.42. The van der Waals surface area contributed by atoms with Crippen molar-refractivity contribution in [3.63, 3.8) is 0 Å². The van der Waals surface area contributed by atoms with Crippen LogP contribution < -0.4 is 4.72 Å². The van der Waals surface area contributed by atoms with E-state index in [-0.39, 0.29) is 18.0 Å². The standard InChI is InChI=1S/C29H36F3N5O5S/c1-5-6-9-23(24(38)18-35-43(41,42)26-10-7-8-16-33-26)37(27(39)40)25(28(2,3)4)19-36-22(15-17-34-36)20-11-13-21(14-12-20)29(30,31)32/h7-8,10-17,23,25,35H,5-6,9,18-19H2,1-4H3,(H,39,40)/t23-,25?/m0/s1. The summed E-state index contributed by atoms with van der Waals surface area (Å²) in [5, 5.41) is 14.5. The molecule has 3 aromatic rings. The summed E-state index contributed by atoms with van der Waals surface area (Å²) in [6.07, 6.45) is -1.78. The number of carboxylic acid groups (broad SMARTS) is 1. The fourth-order valence-electron chi connectivity index (χ4n) is 4.70. The van der Waals surface area contributed by atoms with E-state index in [9.17, 15) is 36.3 Å². The van der Waals surface area contributed by atoms with Gasteiger partial charge in [-0.1, -0.05) is 58.7 Å². The Balaban J connectivity index is 1.95. The Hall–Kier alpha value is -3.78. The van der Waals surface area contributed by atoms with Crippen LogP contribution >= 0.6 is 0 Å². The third-order valence-electron chi connectivity index (χ3n) is 7.01. The lowest BCUT2D eigenvalue weighted by molar-refractivity contribution is -0.137. The number of hydrogen-bond acceptors (Lipinski definition) is 6. The number of nitrogens with zero attached hydrogens (tertiary/aromatic N) is 4. The molecule has 0 aliphatic rings. The summed E-state index contributed by atoms with van der Waals surface area (Å²) in [5.74, 6) is -0.631. The highest BCUT2D eigenvalue weighted by molar-refractivity contribution is 7.89. The topological polar surface area (TPSA) is 134 Å². The largest absolute Gasteiger partial charge is 0.465 e. The van der Waals surface area contributed by atoms with E-state index in [1.165, 1.54) is 41.3 Å². The molecule has 10 nitrogen and oxygen atoms in total. The second kappa shape index (κ2) is 13.7. The molecule has 0 aliphatic carbocycles. The van der Waals surface area contributed by atoms with Gasteiger partial charge in [-0.2, -0.15) is 18.3 Å². The fourth-order valence-corrected chi connectivity index (χ4v) is 5.63. The zero-order valence-corrected chi connectivity index (χ0v) is 25.2. The molecule has 2 N–H and O–H groups in total. The first-order chi connectivity index (χ1) is 20.1. The summed E-state index contributed by atoms with van der Waals surface area (Å²) in [7, 11) is -4.13. The van der Waals surface area contributed by atoms with Crippen LogP contribution in [0.2, 0.25) is 0 Å². The van der Waals surface area contributed by atoms with Crippen LogP contribution in [0.5, 0.6) is 0 Å². The fraction of sp³-hybridized carbons (Fsp3) is 0.448. The lowest BCUT2D eigenvalue weighted by atomic mass is 9.84. The molecule has 0 aliphatic heterocycles. The van der Waals surface area contributed by atoms with Crippen molar-refractivity contribution in [2.24, 2.45) is 5.41 Å².